The number of hydrogen-bond acceptors (Lipinski definition) is 2. The fourth-order valence-electron chi connectivity index (χ4n) is 1.67. The van der Waals surface area contributed by atoms with Gasteiger partial charge in [-0.25, -0.2) is 0 Å². The Kier molecular flexibility index (Phi) is 4.05. The molecule has 2 heterocycles. The van der Waals surface area contributed by atoms with Crippen LogP contribution in [0.4, 0.5) is 0 Å². The molecule has 78 valence electrons. The number of hydrogen-bond donors (Lipinski definition) is 0. The molecule has 1 aromatic rings. The van der Waals surface area contributed by atoms with E-state index in [-0.39, 0.29) is 0 Å². The second kappa shape index (κ2) is 5.10. The molecule has 0 N–H and O–H groups in total. The molecule has 4 heteroatoms. The van der Waals surface area contributed by atoms with Gasteiger partial charge in [-0.05, 0) is 47.3 Å². The van der Waals surface area contributed by atoms with Crippen molar-refractivity contribution in [1.29, 1.82) is 0 Å². The molecular formula is C10H12Br2OS. The molecule has 1 fully saturated rings. The van der Waals surface area contributed by atoms with Crippen LogP contribution in [0.15, 0.2) is 15.9 Å². The van der Waals surface area contributed by atoms with Gasteiger partial charge < -0.3 is 4.74 Å². The van der Waals surface area contributed by atoms with E-state index in [1.807, 2.05) is 0 Å². The maximum Gasteiger partial charge on any atom is 0.0701 e. The molecule has 0 bridgehead atoms. The molecule has 14 heavy (non-hydrogen) atoms. The second-order valence-electron chi connectivity index (χ2n) is 3.48. The third kappa shape index (κ3) is 2.81. The van der Waals surface area contributed by atoms with E-state index in [0.29, 0.717) is 10.9 Å². The minimum atomic E-state index is 0.446. The first-order chi connectivity index (χ1) is 6.75. The maximum absolute atomic E-state index is 5.61. The van der Waals surface area contributed by atoms with Crippen molar-refractivity contribution in [3.05, 3.63) is 20.8 Å². The van der Waals surface area contributed by atoms with Crippen molar-refractivity contribution in [2.75, 3.05) is 6.61 Å². The lowest BCUT2D eigenvalue weighted by Crippen LogP contribution is -2.07. The van der Waals surface area contributed by atoms with Crippen LogP contribution >= 0.6 is 43.2 Å². The summed E-state index contributed by atoms with van der Waals surface area (Å²) in [6.45, 7) is 0.943. The van der Waals surface area contributed by atoms with Gasteiger partial charge in [0.15, 0.2) is 0 Å². The molecular weight excluding hydrogens is 328 g/mol. The van der Waals surface area contributed by atoms with Crippen LogP contribution in [0.25, 0.3) is 0 Å². The van der Waals surface area contributed by atoms with Gasteiger partial charge in [-0.1, -0.05) is 15.9 Å². The van der Waals surface area contributed by atoms with Gasteiger partial charge in [0.1, 0.15) is 0 Å². The highest BCUT2D eigenvalue weighted by Crippen LogP contribution is 2.37. The Morgan fingerprint density at radius 3 is 3.00 bits per heavy atom. The highest BCUT2D eigenvalue weighted by atomic mass is 79.9. The van der Waals surface area contributed by atoms with Crippen LogP contribution < -0.4 is 0 Å². The van der Waals surface area contributed by atoms with E-state index in [2.05, 4.69) is 44.0 Å². The van der Waals surface area contributed by atoms with E-state index >= 15 is 0 Å². The summed E-state index contributed by atoms with van der Waals surface area (Å²) in [4.78, 5) is 1.83. The Bertz CT molecular complexity index is 294. The summed E-state index contributed by atoms with van der Waals surface area (Å²) in [7, 11) is 0. The van der Waals surface area contributed by atoms with Crippen LogP contribution in [-0.4, -0.2) is 12.7 Å². The summed E-state index contributed by atoms with van der Waals surface area (Å²) >= 11 is 8.99. The summed E-state index contributed by atoms with van der Waals surface area (Å²) in [6, 6.07) is 4.27. The highest BCUT2D eigenvalue weighted by molar-refractivity contribution is 9.11. The summed E-state index contributed by atoms with van der Waals surface area (Å²) in [6.07, 6.45) is 3.99. The molecule has 0 radical (unpaired) electrons. The lowest BCUT2D eigenvalue weighted by atomic mass is 10.1. The van der Waals surface area contributed by atoms with Crippen LogP contribution in [0.1, 0.15) is 29.0 Å². The average molecular weight is 340 g/mol. The number of alkyl halides is 1. The lowest BCUT2D eigenvalue weighted by Gasteiger charge is -2.12. The minimum Gasteiger partial charge on any atom is -0.378 e. The van der Waals surface area contributed by atoms with Gasteiger partial charge in [0, 0.05) is 11.5 Å². The molecule has 1 saturated heterocycles. The Balaban J connectivity index is 1.91. The van der Waals surface area contributed by atoms with Gasteiger partial charge in [0.2, 0.25) is 0 Å². The van der Waals surface area contributed by atoms with Crippen molar-refractivity contribution in [3.63, 3.8) is 0 Å². The van der Waals surface area contributed by atoms with Crippen LogP contribution in [0.3, 0.4) is 0 Å². The van der Waals surface area contributed by atoms with E-state index in [9.17, 15) is 0 Å². The van der Waals surface area contributed by atoms with Gasteiger partial charge in [0.05, 0.1) is 14.7 Å². The number of ether oxygens (including phenoxy) is 1. The quantitative estimate of drug-likeness (QED) is 0.736. The topological polar surface area (TPSA) is 9.23 Å². The van der Waals surface area contributed by atoms with Gasteiger partial charge >= 0.3 is 0 Å². The molecule has 2 unspecified atom stereocenters. The smallest absolute Gasteiger partial charge is 0.0701 e. The first kappa shape index (κ1) is 11.1. The molecule has 1 aromatic heterocycles. The summed E-state index contributed by atoms with van der Waals surface area (Å²) in [5.41, 5.74) is 0. The molecule has 2 rings (SSSR count). The predicted octanol–water partition coefficient (Wildman–Crippen LogP) is 4.52. The minimum absolute atomic E-state index is 0.446. The van der Waals surface area contributed by atoms with E-state index in [0.717, 1.165) is 13.0 Å². The monoisotopic (exact) mass is 338 g/mol. The third-order valence-corrected chi connectivity index (χ3v) is 5.30. The molecule has 1 nitrogen and oxygen atoms in total. The predicted molar refractivity (Wildman–Crippen MR) is 67.3 cm³/mol. The van der Waals surface area contributed by atoms with Crippen LogP contribution in [0.5, 0.6) is 0 Å². The molecule has 1 aliphatic rings. The molecule has 0 amide bonds. The zero-order valence-corrected chi connectivity index (χ0v) is 11.7. The van der Waals surface area contributed by atoms with Crippen molar-refractivity contribution in [2.24, 2.45) is 0 Å². The Labute approximate surface area is 105 Å². The fourth-order valence-corrected chi connectivity index (χ4v) is 3.94. The first-order valence-corrected chi connectivity index (χ1v) is 7.29. The first-order valence-electron chi connectivity index (χ1n) is 4.76. The van der Waals surface area contributed by atoms with Gasteiger partial charge in [-0.15, -0.1) is 11.3 Å². The molecule has 0 spiro atoms. The van der Waals surface area contributed by atoms with E-state index in [1.165, 1.54) is 21.5 Å². The zero-order valence-electron chi connectivity index (χ0n) is 7.71. The van der Waals surface area contributed by atoms with Gasteiger partial charge in [-0.3, -0.25) is 0 Å². The summed E-state index contributed by atoms with van der Waals surface area (Å²) < 4.78 is 6.81. The maximum atomic E-state index is 5.61. The van der Waals surface area contributed by atoms with Gasteiger partial charge in [0.25, 0.3) is 0 Å². The van der Waals surface area contributed by atoms with Crippen molar-refractivity contribution in [3.8, 4) is 0 Å². The van der Waals surface area contributed by atoms with E-state index in [1.54, 1.807) is 11.3 Å². The lowest BCUT2D eigenvalue weighted by molar-refractivity contribution is 0.104. The standard InChI is InChI=1S/C10H12Br2OS/c11-8(6-7-2-1-5-13-7)9-3-4-10(12)14-9/h3-4,7-8H,1-2,5-6H2. The van der Waals surface area contributed by atoms with E-state index in [4.69, 9.17) is 4.74 Å². The zero-order chi connectivity index (χ0) is 9.97. The van der Waals surface area contributed by atoms with Crippen molar-refractivity contribution in [2.45, 2.75) is 30.2 Å². The second-order valence-corrected chi connectivity index (χ2v) is 7.08. The number of halogens is 2. The number of rotatable bonds is 3. The Morgan fingerprint density at radius 2 is 2.43 bits per heavy atom. The van der Waals surface area contributed by atoms with Crippen molar-refractivity contribution < 1.29 is 4.74 Å². The Hall–Kier alpha value is 0.620. The van der Waals surface area contributed by atoms with Crippen molar-refractivity contribution in [1.82, 2.24) is 0 Å². The molecule has 1 aliphatic heterocycles. The highest BCUT2D eigenvalue weighted by Gasteiger charge is 2.20. The van der Waals surface area contributed by atoms with Crippen molar-refractivity contribution >= 4 is 43.2 Å². The van der Waals surface area contributed by atoms with Crippen LogP contribution in [0.2, 0.25) is 0 Å². The third-order valence-electron chi connectivity index (χ3n) is 2.40. The largest absolute Gasteiger partial charge is 0.378 e. The van der Waals surface area contributed by atoms with Crippen LogP contribution in [-0.2, 0) is 4.74 Å². The normalized spacial score (nSPS) is 24.0. The fraction of sp³-hybridized carbons (Fsp3) is 0.600. The molecule has 0 aliphatic carbocycles. The summed E-state index contributed by atoms with van der Waals surface area (Å²) in [5.74, 6) is 0. The SMILES string of the molecule is Brc1ccc(C(Br)CC2CCCO2)s1. The molecule has 0 aromatic carbocycles. The Morgan fingerprint density at radius 1 is 1.57 bits per heavy atom. The summed E-state index contributed by atoms with van der Waals surface area (Å²) in [5, 5.41) is 0. The van der Waals surface area contributed by atoms with Gasteiger partial charge in [-0.2, -0.15) is 0 Å². The van der Waals surface area contributed by atoms with E-state index < -0.39 is 0 Å². The molecule has 0 saturated carbocycles. The molecule has 2 atom stereocenters. The van der Waals surface area contributed by atoms with Crippen LogP contribution in [0, 0.1) is 0 Å². The number of thiophene rings is 1. The average Bonchev–Trinajstić information content (AvgIpc) is 2.75.